The number of pyridine rings is 1. The van der Waals surface area contributed by atoms with E-state index in [1.807, 2.05) is 0 Å². The molecule has 3 aromatic rings. The Bertz CT molecular complexity index is 987. The first kappa shape index (κ1) is 15.4. The van der Waals surface area contributed by atoms with Gasteiger partial charge >= 0.3 is 5.97 Å². The minimum Gasteiger partial charge on any atom is -0.490 e. The molecule has 25 heavy (non-hydrogen) atoms. The van der Waals surface area contributed by atoms with Crippen LogP contribution in [0.4, 0.5) is 4.39 Å². The minimum absolute atomic E-state index is 0.0832. The normalized spacial score (nSPS) is 13.5. The number of fused-ring (bicyclic) bond motifs is 2. The fourth-order valence-corrected chi connectivity index (χ4v) is 2.86. The molecule has 1 aromatic heterocycles. The summed E-state index contributed by atoms with van der Waals surface area (Å²) >= 11 is 0. The van der Waals surface area contributed by atoms with Crippen molar-refractivity contribution in [2.75, 3.05) is 13.2 Å². The van der Waals surface area contributed by atoms with Crippen molar-refractivity contribution in [3.8, 4) is 22.8 Å². The molecule has 0 spiro atoms. The van der Waals surface area contributed by atoms with Crippen molar-refractivity contribution in [3.05, 3.63) is 53.8 Å². The van der Waals surface area contributed by atoms with Crippen LogP contribution in [0.2, 0.25) is 0 Å². The molecular weight excluding hydrogens is 325 g/mol. The topological polar surface area (TPSA) is 68.7 Å². The van der Waals surface area contributed by atoms with Crippen LogP contribution < -0.4 is 9.47 Å². The van der Waals surface area contributed by atoms with Gasteiger partial charge in [0, 0.05) is 23.4 Å². The van der Waals surface area contributed by atoms with Gasteiger partial charge < -0.3 is 14.6 Å². The van der Waals surface area contributed by atoms with E-state index in [0.29, 0.717) is 46.9 Å². The molecule has 0 unspecified atom stereocenters. The lowest BCUT2D eigenvalue weighted by molar-refractivity contribution is 0.0699. The SMILES string of the molecule is O=C(O)c1cc(-c2cccc(F)c2)nc2cc3c(cc12)OCCCO3. The molecule has 0 amide bonds. The number of hydrogen-bond donors (Lipinski definition) is 1. The van der Waals surface area contributed by atoms with E-state index in [0.717, 1.165) is 6.42 Å². The summed E-state index contributed by atoms with van der Waals surface area (Å²) in [5.74, 6) is -0.451. The second-order valence-corrected chi connectivity index (χ2v) is 5.74. The predicted octanol–water partition coefficient (Wildman–Crippen LogP) is 3.90. The Labute approximate surface area is 142 Å². The fourth-order valence-electron chi connectivity index (χ4n) is 2.86. The largest absolute Gasteiger partial charge is 0.490 e. The van der Waals surface area contributed by atoms with Crippen LogP contribution in [0.25, 0.3) is 22.2 Å². The van der Waals surface area contributed by atoms with Gasteiger partial charge in [-0.2, -0.15) is 0 Å². The maximum Gasteiger partial charge on any atom is 0.336 e. The summed E-state index contributed by atoms with van der Waals surface area (Å²) in [4.78, 5) is 16.2. The van der Waals surface area contributed by atoms with E-state index in [9.17, 15) is 14.3 Å². The number of aromatic nitrogens is 1. The summed E-state index contributed by atoms with van der Waals surface area (Å²) in [7, 11) is 0. The molecule has 0 saturated heterocycles. The van der Waals surface area contributed by atoms with Crippen LogP contribution in [0.15, 0.2) is 42.5 Å². The van der Waals surface area contributed by atoms with Gasteiger partial charge in [-0.1, -0.05) is 12.1 Å². The van der Waals surface area contributed by atoms with Crippen molar-refractivity contribution in [2.24, 2.45) is 0 Å². The Balaban J connectivity index is 1.96. The second-order valence-electron chi connectivity index (χ2n) is 5.74. The lowest BCUT2D eigenvalue weighted by atomic mass is 10.0. The molecule has 0 aliphatic carbocycles. The summed E-state index contributed by atoms with van der Waals surface area (Å²) in [6.45, 7) is 1.03. The van der Waals surface area contributed by atoms with Gasteiger partial charge in [-0.25, -0.2) is 14.2 Å². The number of carboxylic acid groups (broad SMARTS) is 1. The molecule has 2 heterocycles. The fraction of sp³-hybridized carbons (Fsp3) is 0.158. The molecule has 1 aliphatic rings. The van der Waals surface area contributed by atoms with Crippen molar-refractivity contribution in [1.29, 1.82) is 0 Å². The Morgan fingerprint density at radius 3 is 2.56 bits per heavy atom. The zero-order valence-corrected chi connectivity index (χ0v) is 13.2. The molecule has 0 atom stereocenters. The third-order valence-corrected chi connectivity index (χ3v) is 4.03. The third kappa shape index (κ3) is 2.87. The zero-order chi connectivity index (χ0) is 17.4. The summed E-state index contributed by atoms with van der Waals surface area (Å²) in [5.41, 5.74) is 1.44. The average Bonchev–Trinajstić information content (AvgIpc) is 2.83. The van der Waals surface area contributed by atoms with Gasteiger partial charge in [-0.3, -0.25) is 0 Å². The Morgan fingerprint density at radius 2 is 1.84 bits per heavy atom. The highest BCUT2D eigenvalue weighted by Crippen LogP contribution is 2.36. The van der Waals surface area contributed by atoms with E-state index < -0.39 is 11.8 Å². The van der Waals surface area contributed by atoms with E-state index in [4.69, 9.17) is 9.47 Å². The maximum atomic E-state index is 13.5. The molecular formula is C19H14FNO4. The van der Waals surface area contributed by atoms with Crippen LogP contribution in [-0.2, 0) is 0 Å². The number of carbonyl (C=O) groups is 1. The van der Waals surface area contributed by atoms with Crippen LogP contribution in [-0.4, -0.2) is 29.3 Å². The van der Waals surface area contributed by atoms with Gasteiger partial charge in [0.2, 0.25) is 0 Å². The van der Waals surface area contributed by atoms with E-state index in [2.05, 4.69) is 4.98 Å². The quantitative estimate of drug-likeness (QED) is 0.767. The lowest BCUT2D eigenvalue weighted by Gasteiger charge is -2.12. The van der Waals surface area contributed by atoms with E-state index in [1.54, 1.807) is 24.3 Å². The number of nitrogens with zero attached hydrogens (tertiary/aromatic N) is 1. The van der Waals surface area contributed by atoms with Crippen LogP contribution in [0.3, 0.4) is 0 Å². The highest BCUT2D eigenvalue weighted by atomic mass is 19.1. The molecule has 0 saturated carbocycles. The Morgan fingerprint density at radius 1 is 1.08 bits per heavy atom. The molecule has 0 radical (unpaired) electrons. The number of benzene rings is 2. The number of halogens is 1. The average molecular weight is 339 g/mol. The highest BCUT2D eigenvalue weighted by Gasteiger charge is 2.18. The molecule has 5 nitrogen and oxygen atoms in total. The van der Waals surface area contributed by atoms with Gasteiger partial charge in [0.1, 0.15) is 5.82 Å². The number of ether oxygens (including phenoxy) is 2. The predicted molar refractivity (Wildman–Crippen MR) is 89.7 cm³/mol. The van der Waals surface area contributed by atoms with Crippen molar-refractivity contribution >= 4 is 16.9 Å². The van der Waals surface area contributed by atoms with Gasteiger partial charge in [-0.15, -0.1) is 0 Å². The summed E-state index contributed by atoms with van der Waals surface area (Å²) in [6, 6.07) is 10.7. The minimum atomic E-state index is -1.08. The number of aromatic carboxylic acids is 1. The highest BCUT2D eigenvalue weighted by molar-refractivity contribution is 6.04. The maximum absolute atomic E-state index is 13.5. The summed E-state index contributed by atoms with van der Waals surface area (Å²) < 4.78 is 24.8. The van der Waals surface area contributed by atoms with Gasteiger partial charge in [0.25, 0.3) is 0 Å². The van der Waals surface area contributed by atoms with E-state index in [-0.39, 0.29) is 5.56 Å². The standard InChI is InChI=1S/C19H14FNO4/c20-12-4-1-3-11(7-12)15-8-14(19(22)23)13-9-17-18(10-16(13)21-15)25-6-2-5-24-17/h1,3-4,7-10H,2,5-6H2,(H,22,23). The van der Waals surface area contributed by atoms with Crippen molar-refractivity contribution in [3.63, 3.8) is 0 Å². The van der Waals surface area contributed by atoms with Crippen LogP contribution >= 0.6 is 0 Å². The van der Waals surface area contributed by atoms with Crippen molar-refractivity contribution in [2.45, 2.75) is 6.42 Å². The molecule has 0 bridgehead atoms. The summed E-state index contributed by atoms with van der Waals surface area (Å²) in [6.07, 6.45) is 0.749. The Kier molecular flexibility index (Phi) is 3.72. The molecule has 6 heteroatoms. The van der Waals surface area contributed by atoms with Crippen molar-refractivity contribution in [1.82, 2.24) is 4.98 Å². The van der Waals surface area contributed by atoms with Crippen LogP contribution in [0, 0.1) is 5.82 Å². The molecule has 1 N–H and O–H groups in total. The number of hydrogen-bond acceptors (Lipinski definition) is 4. The molecule has 4 rings (SSSR count). The smallest absolute Gasteiger partial charge is 0.336 e. The molecule has 1 aliphatic heterocycles. The first-order valence-corrected chi connectivity index (χ1v) is 7.85. The van der Waals surface area contributed by atoms with Gasteiger partial charge in [0.05, 0.1) is 30.0 Å². The monoisotopic (exact) mass is 339 g/mol. The first-order valence-electron chi connectivity index (χ1n) is 7.85. The van der Waals surface area contributed by atoms with Gasteiger partial charge in [-0.05, 0) is 24.3 Å². The first-order chi connectivity index (χ1) is 12.1. The Hall–Kier alpha value is -3.15. The van der Waals surface area contributed by atoms with Gasteiger partial charge in [0.15, 0.2) is 11.5 Å². The number of rotatable bonds is 2. The zero-order valence-electron chi connectivity index (χ0n) is 13.2. The van der Waals surface area contributed by atoms with E-state index >= 15 is 0 Å². The number of carboxylic acids is 1. The van der Waals surface area contributed by atoms with E-state index in [1.165, 1.54) is 18.2 Å². The molecule has 0 fully saturated rings. The molecule has 126 valence electrons. The summed E-state index contributed by atoms with van der Waals surface area (Å²) in [5, 5.41) is 10.0. The van der Waals surface area contributed by atoms with Crippen LogP contribution in [0.5, 0.6) is 11.5 Å². The lowest BCUT2D eigenvalue weighted by Crippen LogP contribution is -2.01. The molecule has 2 aromatic carbocycles. The van der Waals surface area contributed by atoms with Crippen molar-refractivity contribution < 1.29 is 23.8 Å². The third-order valence-electron chi connectivity index (χ3n) is 4.03. The van der Waals surface area contributed by atoms with Crippen LogP contribution in [0.1, 0.15) is 16.8 Å². The second kappa shape index (κ2) is 6.05.